The zero-order valence-electron chi connectivity index (χ0n) is 19.3. The fraction of sp³-hybridized carbons (Fsp3) is 0.435. The number of urea groups is 1. The largest absolute Gasteiger partial charge is 0.494 e. The highest BCUT2D eigenvalue weighted by atomic mass is 32.2. The first-order chi connectivity index (χ1) is 14.8. The lowest BCUT2D eigenvalue weighted by Gasteiger charge is -2.30. The number of hydrogen-bond donors (Lipinski definition) is 1. The summed E-state index contributed by atoms with van der Waals surface area (Å²) in [5, 5.41) is 2.93. The highest BCUT2D eigenvalue weighted by molar-refractivity contribution is 7.87. The molecule has 0 saturated carbocycles. The monoisotopic (exact) mass is 466 g/mol. The second-order valence-corrected chi connectivity index (χ2v) is 10.4. The fourth-order valence-electron chi connectivity index (χ4n) is 2.95. The van der Waals surface area contributed by atoms with Crippen LogP contribution in [0.3, 0.4) is 0 Å². The van der Waals surface area contributed by atoms with E-state index in [-0.39, 0.29) is 34.9 Å². The van der Waals surface area contributed by atoms with Crippen LogP contribution in [-0.4, -0.2) is 38.5 Å². The van der Waals surface area contributed by atoms with E-state index >= 15 is 0 Å². The zero-order chi connectivity index (χ0) is 24.1. The number of carbonyl (C=O) groups is 1. The second kappa shape index (κ2) is 10.2. The lowest BCUT2D eigenvalue weighted by atomic mass is 10.1. The van der Waals surface area contributed by atoms with Gasteiger partial charge in [0.15, 0.2) is 11.6 Å². The van der Waals surface area contributed by atoms with E-state index < -0.39 is 21.5 Å². The van der Waals surface area contributed by atoms with Gasteiger partial charge in [-0.1, -0.05) is 32.0 Å². The molecule has 2 rings (SSSR count). The summed E-state index contributed by atoms with van der Waals surface area (Å²) >= 11 is 0. The van der Waals surface area contributed by atoms with Crippen LogP contribution in [0.15, 0.2) is 47.4 Å². The Bertz CT molecular complexity index is 1050. The van der Waals surface area contributed by atoms with Crippen molar-refractivity contribution in [2.45, 2.75) is 51.6 Å². The summed E-state index contributed by atoms with van der Waals surface area (Å²) < 4.78 is 49.7. The molecule has 0 radical (unpaired) electrons. The summed E-state index contributed by atoms with van der Waals surface area (Å²) in [5.74, 6) is -0.619. The summed E-state index contributed by atoms with van der Waals surface area (Å²) in [6, 6.07) is 9.57. The van der Waals surface area contributed by atoms with Crippen molar-refractivity contribution >= 4 is 16.1 Å². The predicted molar refractivity (Wildman–Crippen MR) is 121 cm³/mol. The Labute approximate surface area is 189 Å². The lowest BCUT2D eigenvalue weighted by Crippen LogP contribution is -2.49. The van der Waals surface area contributed by atoms with Gasteiger partial charge in [0.1, 0.15) is 10.6 Å². The minimum atomic E-state index is -4.31. The van der Waals surface area contributed by atoms with Gasteiger partial charge in [0.05, 0.1) is 13.7 Å². The predicted octanol–water partition coefficient (Wildman–Crippen LogP) is 4.57. The van der Waals surface area contributed by atoms with Gasteiger partial charge in [-0.05, 0) is 51.0 Å². The first kappa shape index (κ1) is 25.5. The SMILES string of the molecule is COc1ccc(S(=O)(=O)Oc2ccccc2CN(CC(C)C)C(=O)NC(C)(C)C)cc1F. The van der Waals surface area contributed by atoms with Gasteiger partial charge < -0.3 is 19.1 Å². The van der Waals surface area contributed by atoms with Crippen LogP contribution >= 0.6 is 0 Å². The fourth-order valence-corrected chi connectivity index (χ4v) is 3.93. The molecule has 1 N–H and O–H groups in total. The third kappa shape index (κ3) is 7.12. The average molecular weight is 467 g/mol. The second-order valence-electron chi connectivity index (χ2n) is 8.90. The number of benzene rings is 2. The zero-order valence-corrected chi connectivity index (χ0v) is 20.1. The van der Waals surface area contributed by atoms with Crippen molar-refractivity contribution in [2.75, 3.05) is 13.7 Å². The maximum absolute atomic E-state index is 14.0. The Hall–Kier alpha value is -2.81. The van der Waals surface area contributed by atoms with Crippen LogP contribution in [0.1, 0.15) is 40.2 Å². The van der Waals surface area contributed by atoms with Crippen LogP contribution in [-0.2, 0) is 16.7 Å². The van der Waals surface area contributed by atoms with Crippen LogP contribution in [0.2, 0.25) is 0 Å². The number of nitrogens with zero attached hydrogens (tertiary/aromatic N) is 1. The Morgan fingerprint density at radius 2 is 1.78 bits per heavy atom. The smallest absolute Gasteiger partial charge is 0.339 e. The van der Waals surface area contributed by atoms with Crippen molar-refractivity contribution in [1.82, 2.24) is 10.2 Å². The van der Waals surface area contributed by atoms with Crippen molar-refractivity contribution in [2.24, 2.45) is 5.92 Å². The van der Waals surface area contributed by atoms with E-state index in [1.807, 2.05) is 34.6 Å². The molecular formula is C23H31FN2O5S. The maximum Gasteiger partial charge on any atom is 0.339 e. The molecule has 2 aromatic rings. The standard InChI is InChI=1S/C23H31FN2O5S/c1-16(2)14-26(22(27)25-23(3,4)5)15-17-9-7-8-10-20(17)31-32(28,29)18-11-12-21(30-6)19(24)13-18/h7-13,16H,14-15H2,1-6H3,(H,25,27). The number of ether oxygens (including phenoxy) is 1. The number of para-hydroxylation sites is 1. The van der Waals surface area contributed by atoms with Crippen molar-refractivity contribution in [1.29, 1.82) is 0 Å². The Kier molecular flexibility index (Phi) is 8.12. The number of hydrogen-bond acceptors (Lipinski definition) is 5. The third-order valence-electron chi connectivity index (χ3n) is 4.30. The molecular weight excluding hydrogens is 435 g/mol. The van der Waals surface area contributed by atoms with Gasteiger partial charge in [-0.25, -0.2) is 9.18 Å². The Balaban J connectivity index is 2.32. The van der Waals surface area contributed by atoms with Gasteiger partial charge in [-0.15, -0.1) is 0 Å². The van der Waals surface area contributed by atoms with Gasteiger partial charge in [-0.3, -0.25) is 0 Å². The number of rotatable bonds is 8. The van der Waals surface area contributed by atoms with E-state index in [1.165, 1.54) is 25.3 Å². The third-order valence-corrected chi connectivity index (χ3v) is 5.53. The van der Waals surface area contributed by atoms with Crippen LogP contribution in [0.25, 0.3) is 0 Å². The van der Waals surface area contributed by atoms with E-state index in [9.17, 15) is 17.6 Å². The first-order valence-corrected chi connectivity index (χ1v) is 11.7. The lowest BCUT2D eigenvalue weighted by molar-refractivity contribution is 0.178. The Morgan fingerprint density at radius 1 is 1.12 bits per heavy atom. The highest BCUT2D eigenvalue weighted by Gasteiger charge is 2.24. The molecule has 0 fully saturated rings. The summed E-state index contributed by atoms with van der Waals surface area (Å²) in [6.45, 7) is 10.2. The van der Waals surface area contributed by atoms with E-state index in [0.717, 1.165) is 6.07 Å². The molecule has 2 amide bonds. The maximum atomic E-state index is 14.0. The summed E-state index contributed by atoms with van der Waals surface area (Å²) in [6.07, 6.45) is 0. The van der Waals surface area contributed by atoms with E-state index in [0.29, 0.717) is 12.1 Å². The van der Waals surface area contributed by atoms with Gasteiger partial charge in [0, 0.05) is 17.6 Å². The average Bonchev–Trinajstić information content (AvgIpc) is 2.67. The molecule has 0 aliphatic heterocycles. The molecule has 0 atom stereocenters. The highest BCUT2D eigenvalue weighted by Crippen LogP contribution is 2.27. The molecule has 0 heterocycles. The summed E-state index contributed by atoms with van der Waals surface area (Å²) in [4.78, 5) is 14.1. The normalized spacial score (nSPS) is 11.9. The van der Waals surface area contributed by atoms with Crippen molar-refractivity contribution in [3.8, 4) is 11.5 Å². The van der Waals surface area contributed by atoms with Crippen molar-refractivity contribution in [3.05, 3.63) is 53.8 Å². The molecule has 0 aliphatic rings. The van der Waals surface area contributed by atoms with Crippen LogP contribution in [0, 0.1) is 11.7 Å². The quantitative estimate of drug-likeness (QED) is 0.576. The molecule has 2 aromatic carbocycles. The van der Waals surface area contributed by atoms with Gasteiger partial charge in [0.2, 0.25) is 0 Å². The van der Waals surface area contributed by atoms with Gasteiger partial charge in [0.25, 0.3) is 0 Å². The van der Waals surface area contributed by atoms with E-state index in [4.69, 9.17) is 8.92 Å². The van der Waals surface area contributed by atoms with Crippen LogP contribution in [0.4, 0.5) is 9.18 Å². The van der Waals surface area contributed by atoms with Gasteiger partial charge >= 0.3 is 16.1 Å². The van der Waals surface area contributed by atoms with E-state index in [1.54, 1.807) is 23.1 Å². The first-order valence-electron chi connectivity index (χ1n) is 10.3. The summed E-state index contributed by atoms with van der Waals surface area (Å²) in [7, 11) is -3.02. The summed E-state index contributed by atoms with van der Waals surface area (Å²) in [5.41, 5.74) is 0.0826. The van der Waals surface area contributed by atoms with Crippen molar-refractivity contribution < 1.29 is 26.5 Å². The molecule has 0 bridgehead atoms. The van der Waals surface area contributed by atoms with Crippen LogP contribution < -0.4 is 14.2 Å². The molecule has 0 unspecified atom stereocenters. The number of amides is 2. The minimum absolute atomic E-state index is 0.0704. The number of halogens is 1. The number of carbonyl (C=O) groups excluding carboxylic acids is 1. The topological polar surface area (TPSA) is 84.9 Å². The minimum Gasteiger partial charge on any atom is -0.494 e. The molecule has 0 saturated heterocycles. The van der Waals surface area contributed by atoms with Crippen LogP contribution in [0.5, 0.6) is 11.5 Å². The van der Waals surface area contributed by atoms with Gasteiger partial charge in [-0.2, -0.15) is 8.42 Å². The van der Waals surface area contributed by atoms with E-state index in [2.05, 4.69) is 5.32 Å². The molecule has 9 heteroatoms. The Morgan fingerprint density at radius 3 is 2.34 bits per heavy atom. The molecule has 32 heavy (non-hydrogen) atoms. The molecule has 7 nitrogen and oxygen atoms in total. The molecule has 0 aliphatic carbocycles. The molecule has 0 spiro atoms. The molecule has 0 aromatic heterocycles. The number of nitrogens with one attached hydrogen (secondary N) is 1. The van der Waals surface area contributed by atoms with Crippen molar-refractivity contribution in [3.63, 3.8) is 0 Å². The number of methoxy groups -OCH3 is 1. The molecule has 176 valence electrons.